The summed E-state index contributed by atoms with van der Waals surface area (Å²) in [6.07, 6.45) is 0.296. The van der Waals surface area contributed by atoms with E-state index in [0.29, 0.717) is 31.6 Å². The molecule has 1 aliphatic rings. The monoisotopic (exact) mass is 222 g/mol. The number of carbonyl (C=O) groups is 1. The van der Waals surface area contributed by atoms with Gasteiger partial charge in [0.1, 0.15) is 0 Å². The first-order valence-electron chi connectivity index (χ1n) is 5.35. The molecule has 0 atom stereocenters. The molecule has 1 amide bonds. The number of alkyl halides is 1. The number of nitrogens with two attached hydrogens (primary N) is 1. The van der Waals surface area contributed by atoms with Crippen LogP contribution in [0.25, 0.3) is 0 Å². The summed E-state index contributed by atoms with van der Waals surface area (Å²) in [6.45, 7) is 1.25. The predicted octanol–water partition coefficient (Wildman–Crippen LogP) is 1.04. The molecular formula is C12H15FN2O. The smallest absolute Gasteiger partial charge is 0.218 e. The third-order valence-electron chi connectivity index (χ3n) is 2.91. The highest BCUT2D eigenvalue weighted by molar-refractivity contribution is 5.73. The van der Waals surface area contributed by atoms with Crippen LogP contribution in [0, 0.1) is 0 Å². The van der Waals surface area contributed by atoms with Gasteiger partial charge >= 0.3 is 0 Å². The summed E-state index contributed by atoms with van der Waals surface area (Å²) in [7, 11) is 0. The average molecular weight is 222 g/mol. The molecule has 4 heteroatoms. The SMILES string of the molecule is NC(=O)CCN1CC(F)(c2ccccc2)C1. The largest absolute Gasteiger partial charge is 0.370 e. The van der Waals surface area contributed by atoms with E-state index in [0.717, 1.165) is 0 Å². The summed E-state index contributed by atoms with van der Waals surface area (Å²) in [5.74, 6) is -0.337. The maximum Gasteiger partial charge on any atom is 0.218 e. The van der Waals surface area contributed by atoms with E-state index < -0.39 is 5.67 Å². The summed E-state index contributed by atoms with van der Waals surface area (Å²) >= 11 is 0. The van der Waals surface area contributed by atoms with Gasteiger partial charge in [0, 0.05) is 26.1 Å². The van der Waals surface area contributed by atoms with Gasteiger partial charge in [-0.1, -0.05) is 30.3 Å². The molecule has 0 saturated carbocycles. The Morgan fingerprint density at radius 2 is 2.00 bits per heavy atom. The second-order valence-corrected chi connectivity index (χ2v) is 4.26. The fourth-order valence-electron chi connectivity index (χ4n) is 2.01. The summed E-state index contributed by atoms with van der Waals surface area (Å²) in [6, 6.07) is 9.14. The van der Waals surface area contributed by atoms with Crippen LogP contribution in [0.15, 0.2) is 30.3 Å². The third kappa shape index (κ3) is 2.22. The molecule has 3 nitrogen and oxygen atoms in total. The van der Waals surface area contributed by atoms with Gasteiger partial charge in [0.05, 0.1) is 0 Å². The van der Waals surface area contributed by atoms with Crippen LogP contribution < -0.4 is 5.73 Å². The molecular weight excluding hydrogens is 207 g/mol. The van der Waals surface area contributed by atoms with E-state index in [1.54, 1.807) is 12.1 Å². The zero-order chi connectivity index (χ0) is 11.6. The van der Waals surface area contributed by atoms with Gasteiger partial charge in [-0.25, -0.2) is 4.39 Å². The molecule has 1 saturated heterocycles. The second-order valence-electron chi connectivity index (χ2n) is 4.26. The van der Waals surface area contributed by atoms with Crippen LogP contribution in [0.3, 0.4) is 0 Å². The number of primary amides is 1. The van der Waals surface area contributed by atoms with Gasteiger partial charge in [-0.15, -0.1) is 0 Å². The molecule has 16 heavy (non-hydrogen) atoms. The number of hydrogen-bond donors (Lipinski definition) is 1. The number of nitrogens with zero attached hydrogens (tertiary/aromatic N) is 1. The van der Waals surface area contributed by atoms with Crippen molar-refractivity contribution in [1.82, 2.24) is 4.90 Å². The molecule has 0 bridgehead atoms. The molecule has 1 heterocycles. The van der Waals surface area contributed by atoms with Crippen molar-refractivity contribution in [3.8, 4) is 0 Å². The van der Waals surface area contributed by atoms with E-state index in [-0.39, 0.29) is 5.91 Å². The number of benzene rings is 1. The van der Waals surface area contributed by atoms with Crippen LogP contribution in [-0.2, 0) is 10.5 Å². The molecule has 0 unspecified atom stereocenters. The van der Waals surface area contributed by atoms with Crippen molar-refractivity contribution in [3.05, 3.63) is 35.9 Å². The van der Waals surface area contributed by atoms with Gasteiger partial charge in [-0.3, -0.25) is 9.69 Å². The molecule has 1 aliphatic heterocycles. The van der Waals surface area contributed by atoms with Gasteiger partial charge < -0.3 is 5.73 Å². The average Bonchev–Trinajstić information content (AvgIpc) is 2.24. The van der Waals surface area contributed by atoms with Crippen LogP contribution in [0.2, 0.25) is 0 Å². The molecule has 2 rings (SSSR count). The van der Waals surface area contributed by atoms with Crippen molar-refractivity contribution < 1.29 is 9.18 Å². The topological polar surface area (TPSA) is 46.3 Å². The Bertz CT molecular complexity index is 374. The van der Waals surface area contributed by atoms with Crippen LogP contribution in [0.1, 0.15) is 12.0 Å². The third-order valence-corrected chi connectivity index (χ3v) is 2.91. The zero-order valence-electron chi connectivity index (χ0n) is 9.03. The number of carbonyl (C=O) groups excluding carboxylic acids is 1. The molecule has 1 fully saturated rings. The number of likely N-dealkylation sites (tertiary alicyclic amines) is 1. The Balaban J connectivity index is 1.89. The van der Waals surface area contributed by atoms with E-state index >= 15 is 0 Å². The van der Waals surface area contributed by atoms with Gasteiger partial charge in [-0.05, 0) is 5.56 Å². The van der Waals surface area contributed by atoms with Gasteiger partial charge in [0.15, 0.2) is 5.67 Å². The summed E-state index contributed by atoms with van der Waals surface area (Å²) < 4.78 is 14.3. The van der Waals surface area contributed by atoms with Crippen molar-refractivity contribution in [3.63, 3.8) is 0 Å². The fraction of sp³-hybridized carbons (Fsp3) is 0.417. The van der Waals surface area contributed by atoms with Crippen molar-refractivity contribution in [2.75, 3.05) is 19.6 Å². The maximum atomic E-state index is 14.3. The van der Waals surface area contributed by atoms with Crippen molar-refractivity contribution in [1.29, 1.82) is 0 Å². The van der Waals surface area contributed by atoms with Gasteiger partial charge in [0.2, 0.25) is 5.91 Å². The van der Waals surface area contributed by atoms with E-state index in [1.165, 1.54) is 0 Å². The number of hydrogen-bond acceptors (Lipinski definition) is 2. The summed E-state index contributed by atoms with van der Waals surface area (Å²) in [5.41, 5.74) is 4.50. The standard InChI is InChI=1S/C12H15FN2O/c13-12(10-4-2-1-3-5-10)8-15(9-12)7-6-11(14)16/h1-5H,6-9H2,(H2,14,16). The predicted molar refractivity (Wildman–Crippen MR) is 59.5 cm³/mol. The maximum absolute atomic E-state index is 14.3. The molecule has 86 valence electrons. The van der Waals surface area contributed by atoms with Crippen molar-refractivity contribution in [2.24, 2.45) is 5.73 Å². The van der Waals surface area contributed by atoms with Gasteiger partial charge in [-0.2, -0.15) is 0 Å². The molecule has 2 N–H and O–H groups in total. The van der Waals surface area contributed by atoms with Gasteiger partial charge in [0.25, 0.3) is 0 Å². The van der Waals surface area contributed by atoms with Crippen LogP contribution in [0.5, 0.6) is 0 Å². The molecule has 0 aromatic heterocycles. The summed E-state index contributed by atoms with van der Waals surface area (Å²) in [5, 5.41) is 0. The lowest BCUT2D eigenvalue weighted by atomic mass is 9.88. The first-order valence-corrected chi connectivity index (χ1v) is 5.35. The fourth-order valence-corrected chi connectivity index (χ4v) is 2.01. The Kier molecular flexibility index (Phi) is 2.92. The molecule has 0 spiro atoms. The van der Waals surface area contributed by atoms with E-state index in [9.17, 15) is 9.18 Å². The number of rotatable bonds is 4. The van der Waals surface area contributed by atoms with Crippen LogP contribution >= 0.6 is 0 Å². The van der Waals surface area contributed by atoms with Crippen molar-refractivity contribution >= 4 is 5.91 Å². The quantitative estimate of drug-likeness (QED) is 0.827. The first kappa shape index (κ1) is 11.1. The lowest BCUT2D eigenvalue weighted by molar-refractivity contribution is -0.119. The highest BCUT2D eigenvalue weighted by atomic mass is 19.1. The molecule has 0 radical (unpaired) electrons. The van der Waals surface area contributed by atoms with E-state index in [2.05, 4.69) is 0 Å². The highest BCUT2D eigenvalue weighted by Gasteiger charge is 2.44. The Hall–Kier alpha value is -1.42. The Labute approximate surface area is 94.0 Å². The highest BCUT2D eigenvalue weighted by Crippen LogP contribution is 2.35. The molecule has 1 aromatic rings. The minimum atomic E-state index is -1.25. The van der Waals surface area contributed by atoms with Crippen LogP contribution in [0.4, 0.5) is 4.39 Å². The van der Waals surface area contributed by atoms with E-state index in [1.807, 2.05) is 23.1 Å². The zero-order valence-corrected chi connectivity index (χ0v) is 9.03. The normalized spacial score (nSPS) is 19.1. The lowest BCUT2D eigenvalue weighted by Gasteiger charge is -2.44. The lowest BCUT2D eigenvalue weighted by Crippen LogP contribution is -2.57. The number of halogens is 1. The van der Waals surface area contributed by atoms with Crippen molar-refractivity contribution in [2.45, 2.75) is 12.1 Å². The minimum Gasteiger partial charge on any atom is -0.370 e. The molecule has 0 aliphatic carbocycles. The Morgan fingerprint density at radius 1 is 1.38 bits per heavy atom. The van der Waals surface area contributed by atoms with E-state index in [4.69, 9.17) is 5.73 Å². The van der Waals surface area contributed by atoms with Crippen LogP contribution in [-0.4, -0.2) is 30.4 Å². The first-order chi connectivity index (χ1) is 7.60. The molecule has 1 aromatic carbocycles. The number of amides is 1. The minimum absolute atomic E-state index is 0.296. The Morgan fingerprint density at radius 3 is 2.56 bits per heavy atom. The second kappa shape index (κ2) is 4.22. The summed E-state index contributed by atoms with van der Waals surface area (Å²) in [4.78, 5) is 12.5.